The zero-order chi connectivity index (χ0) is 18.0. The van der Waals surface area contributed by atoms with Crippen molar-refractivity contribution in [3.05, 3.63) is 54.1 Å². The molecule has 1 heterocycles. The summed E-state index contributed by atoms with van der Waals surface area (Å²) >= 11 is 0. The number of rotatable bonds is 5. The molecule has 0 aliphatic carbocycles. The number of amides is 1. The summed E-state index contributed by atoms with van der Waals surface area (Å²) in [7, 11) is -2.28. The van der Waals surface area contributed by atoms with Crippen molar-refractivity contribution in [2.75, 3.05) is 18.6 Å². The lowest BCUT2D eigenvalue weighted by Crippen LogP contribution is -2.46. The number of methoxy groups -OCH3 is 1. The van der Waals surface area contributed by atoms with Gasteiger partial charge in [0.05, 0.1) is 18.0 Å². The van der Waals surface area contributed by atoms with E-state index < -0.39 is 16.1 Å². The monoisotopic (exact) mass is 360 g/mol. The first-order valence-corrected chi connectivity index (χ1v) is 9.46. The summed E-state index contributed by atoms with van der Waals surface area (Å²) < 4.78 is 32.5. The van der Waals surface area contributed by atoms with Crippen LogP contribution in [0.25, 0.3) is 0 Å². The van der Waals surface area contributed by atoms with E-state index in [0.717, 1.165) is 17.7 Å². The molecular formula is C18H20N2O4S. The Morgan fingerprint density at radius 2 is 1.84 bits per heavy atom. The highest BCUT2D eigenvalue weighted by molar-refractivity contribution is 7.89. The number of carbonyl (C=O) groups is 1. The van der Waals surface area contributed by atoms with Gasteiger partial charge in [0, 0.05) is 12.2 Å². The van der Waals surface area contributed by atoms with Gasteiger partial charge in [-0.1, -0.05) is 18.2 Å². The number of ether oxygens (including phenoxy) is 1. The number of nitrogens with one attached hydrogen (secondary N) is 1. The van der Waals surface area contributed by atoms with Crippen LogP contribution < -0.4 is 14.4 Å². The highest BCUT2D eigenvalue weighted by Crippen LogP contribution is 2.28. The predicted molar refractivity (Wildman–Crippen MR) is 95.3 cm³/mol. The molecule has 1 aliphatic heterocycles. The summed E-state index contributed by atoms with van der Waals surface area (Å²) in [6.07, 6.45) is 0.778. The van der Waals surface area contributed by atoms with Gasteiger partial charge in [0.15, 0.2) is 0 Å². The molecule has 25 heavy (non-hydrogen) atoms. The van der Waals surface area contributed by atoms with Crippen LogP contribution in [0, 0.1) is 0 Å². The number of carbonyl (C=O) groups excluding carboxylic acids is 1. The van der Waals surface area contributed by atoms with Crippen LogP contribution in [0.15, 0.2) is 53.4 Å². The van der Waals surface area contributed by atoms with E-state index in [1.165, 1.54) is 19.2 Å². The molecular weight excluding hydrogens is 340 g/mol. The van der Waals surface area contributed by atoms with E-state index in [4.69, 9.17) is 4.74 Å². The van der Waals surface area contributed by atoms with Gasteiger partial charge >= 0.3 is 0 Å². The van der Waals surface area contributed by atoms with Gasteiger partial charge in [-0.15, -0.1) is 0 Å². The van der Waals surface area contributed by atoms with Gasteiger partial charge in [0.2, 0.25) is 15.9 Å². The number of para-hydroxylation sites is 1. The van der Waals surface area contributed by atoms with Gasteiger partial charge in [0.25, 0.3) is 0 Å². The van der Waals surface area contributed by atoms with Gasteiger partial charge in [-0.2, -0.15) is 4.72 Å². The smallest absolute Gasteiger partial charge is 0.244 e. The molecule has 0 aromatic heterocycles. The third-order valence-corrected chi connectivity index (χ3v) is 5.78. The van der Waals surface area contributed by atoms with Gasteiger partial charge in [-0.3, -0.25) is 4.79 Å². The van der Waals surface area contributed by atoms with Crippen molar-refractivity contribution < 1.29 is 17.9 Å². The summed E-state index contributed by atoms with van der Waals surface area (Å²) in [4.78, 5) is 14.4. The molecule has 0 spiro atoms. The summed E-state index contributed by atoms with van der Waals surface area (Å²) in [5, 5.41) is 0. The van der Waals surface area contributed by atoms with Crippen molar-refractivity contribution in [2.45, 2.75) is 24.3 Å². The van der Waals surface area contributed by atoms with E-state index in [0.29, 0.717) is 12.3 Å². The lowest BCUT2D eigenvalue weighted by atomic mass is 10.2. The number of nitrogens with zero attached hydrogens (tertiary/aromatic N) is 1. The largest absolute Gasteiger partial charge is 0.497 e. The zero-order valence-electron chi connectivity index (χ0n) is 14.1. The minimum atomic E-state index is -3.79. The van der Waals surface area contributed by atoms with Crippen LogP contribution in [0.2, 0.25) is 0 Å². The number of hydrogen-bond donors (Lipinski definition) is 1. The Balaban J connectivity index is 1.75. The highest BCUT2D eigenvalue weighted by Gasteiger charge is 2.30. The third-order valence-electron chi connectivity index (χ3n) is 4.23. The van der Waals surface area contributed by atoms with Crippen molar-refractivity contribution in [2.24, 2.45) is 0 Å². The molecule has 0 radical (unpaired) electrons. The normalized spacial score (nSPS) is 14.9. The average molecular weight is 360 g/mol. The van der Waals surface area contributed by atoms with Crippen molar-refractivity contribution in [1.82, 2.24) is 4.72 Å². The van der Waals surface area contributed by atoms with Crippen LogP contribution in [0.5, 0.6) is 5.75 Å². The zero-order valence-corrected chi connectivity index (χ0v) is 14.9. The molecule has 1 N–H and O–H groups in total. The molecule has 1 atom stereocenters. The molecule has 1 aliphatic rings. The number of anilines is 1. The van der Waals surface area contributed by atoms with Crippen LogP contribution >= 0.6 is 0 Å². The van der Waals surface area contributed by atoms with E-state index in [1.54, 1.807) is 24.0 Å². The Hall–Kier alpha value is -2.38. The Labute approximate surface area is 147 Å². The molecule has 2 aromatic carbocycles. The van der Waals surface area contributed by atoms with Crippen molar-refractivity contribution in [1.29, 1.82) is 0 Å². The molecule has 132 valence electrons. The van der Waals surface area contributed by atoms with E-state index in [9.17, 15) is 13.2 Å². The van der Waals surface area contributed by atoms with E-state index in [2.05, 4.69) is 4.72 Å². The summed E-state index contributed by atoms with van der Waals surface area (Å²) in [6.45, 7) is 2.12. The van der Waals surface area contributed by atoms with E-state index in [-0.39, 0.29) is 10.8 Å². The Morgan fingerprint density at radius 1 is 1.16 bits per heavy atom. The fraction of sp³-hybridized carbons (Fsp3) is 0.278. The molecule has 0 bridgehead atoms. The van der Waals surface area contributed by atoms with E-state index >= 15 is 0 Å². The lowest BCUT2D eigenvalue weighted by Gasteiger charge is -2.22. The van der Waals surface area contributed by atoms with Gasteiger partial charge in [-0.25, -0.2) is 8.42 Å². The quantitative estimate of drug-likeness (QED) is 0.884. The standard InChI is InChI=1S/C18H20N2O4S/c1-13(18(21)20-12-11-14-5-3-4-6-17(14)20)19-25(22,23)16-9-7-15(24-2)8-10-16/h3-10,13,19H,11-12H2,1-2H3/t13-/m0/s1. The number of benzene rings is 2. The molecule has 6 nitrogen and oxygen atoms in total. The topological polar surface area (TPSA) is 75.7 Å². The second-order valence-electron chi connectivity index (χ2n) is 5.89. The van der Waals surface area contributed by atoms with Gasteiger partial charge in [-0.05, 0) is 49.2 Å². The lowest BCUT2D eigenvalue weighted by molar-refractivity contribution is -0.119. The highest BCUT2D eigenvalue weighted by atomic mass is 32.2. The molecule has 0 fully saturated rings. The molecule has 0 unspecified atom stereocenters. The minimum Gasteiger partial charge on any atom is -0.497 e. The van der Waals surface area contributed by atoms with Crippen LogP contribution in [0.1, 0.15) is 12.5 Å². The molecule has 3 rings (SSSR count). The maximum Gasteiger partial charge on any atom is 0.244 e. The predicted octanol–water partition coefficient (Wildman–Crippen LogP) is 1.95. The Bertz CT molecular complexity index is 878. The fourth-order valence-electron chi connectivity index (χ4n) is 2.91. The third kappa shape index (κ3) is 3.52. The first kappa shape index (κ1) is 17.4. The van der Waals surface area contributed by atoms with Crippen molar-refractivity contribution >= 4 is 21.6 Å². The first-order valence-electron chi connectivity index (χ1n) is 7.98. The summed E-state index contributed by atoms with van der Waals surface area (Å²) in [5.41, 5.74) is 1.95. The number of fused-ring (bicyclic) bond motifs is 1. The van der Waals surface area contributed by atoms with Gasteiger partial charge in [0.1, 0.15) is 5.75 Å². The average Bonchev–Trinajstić information content (AvgIpc) is 3.04. The summed E-state index contributed by atoms with van der Waals surface area (Å²) in [5.74, 6) is 0.304. The maximum absolute atomic E-state index is 12.7. The van der Waals surface area contributed by atoms with Crippen LogP contribution in [-0.2, 0) is 21.2 Å². The fourth-order valence-corrected chi connectivity index (χ4v) is 4.10. The van der Waals surface area contributed by atoms with Crippen LogP contribution in [0.3, 0.4) is 0 Å². The molecule has 0 saturated carbocycles. The van der Waals surface area contributed by atoms with Crippen LogP contribution in [-0.4, -0.2) is 34.0 Å². The molecule has 7 heteroatoms. The first-order chi connectivity index (χ1) is 11.9. The molecule has 1 amide bonds. The van der Waals surface area contributed by atoms with E-state index in [1.807, 2.05) is 24.3 Å². The van der Waals surface area contributed by atoms with Crippen molar-refractivity contribution in [3.8, 4) is 5.75 Å². The Kier molecular flexibility index (Phi) is 4.78. The second-order valence-corrected chi connectivity index (χ2v) is 7.60. The Morgan fingerprint density at radius 3 is 2.52 bits per heavy atom. The number of hydrogen-bond acceptors (Lipinski definition) is 4. The second kappa shape index (κ2) is 6.85. The number of sulfonamides is 1. The minimum absolute atomic E-state index is 0.0924. The van der Waals surface area contributed by atoms with Crippen molar-refractivity contribution in [3.63, 3.8) is 0 Å². The SMILES string of the molecule is COc1ccc(S(=O)(=O)N[C@@H](C)C(=O)N2CCc3ccccc32)cc1. The molecule has 0 saturated heterocycles. The summed E-state index contributed by atoms with van der Waals surface area (Å²) in [6, 6.07) is 12.8. The van der Waals surface area contributed by atoms with Gasteiger partial charge < -0.3 is 9.64 Å². The maximum atomic E-state index is 12.7. The molecule has 2 aromatic rings. The van der Waals surface area contributed by atoms with Crippen LogP contribution in [0.4, 0.5) is 5.69 Å².